The standard InChI is InChI=1S/C11H15NO4S/c1-7-3-4-8(17-7)10(15)12-6-11(2,16)5-9(13)14/h3-4,16H,5-6H2,1-2H3,(H,12,15)(H,13,14). The Morgan fingerprint density at radius 3 is 2.59 bits per heavy atom. The van der Waals surface area contributed by atoms with Crippen molar-refractivity contribution < 1.29 is 19.8 Å². The van der Waals surface area contributed by atoms with E-state index in [1.807, 2.05) is 13.0 Å². The van der Waals surface area contributed by atoms with Crippen molar-refractivity contribution in [1.29, 1.82) is 0 Å². The Balaban J connectivity index is 2.51. The molecule has 1 unspecified atom stereocenters. The third-order valence-corrected chi connectivity index (χ3v) is 3.13. The number of hydrogen-bond acceptors (Lipinski definition) is 4. The van der Waals surface area contributed by atoms with Gasteiger partial charge in [0.25, 0.3) is 5.91 Å². The van der Waals surface area contributed by atoms with E-state index in [0.29, 0.717) is 4.88 Å². The average Bonchev–Trinajstić information content (AvgIpc) is 2.59. The van der Waals surface area contributed by atoms with Gasteiger partial charge in [-0.3, -0.25) is 9.59 Å². The molecule has 3 N–H and O–H groups in total. The number of nitrogens with one attached hydrogen (secondary N) is 1. The predicted octanol–water partition coefficient (Wildman–Crippen LogP) is 1.01. The van der Waals surface area contributed by atoms with Crippen LogP contribution in [0.15, 0.2) is 12.1 Å². The molecule has 5 nitrogen and oxygen atoms in total. The van der Waals surface area contributed by atoms with E-state index in [1.165, 1.54) is 18.3 Å². The van der Waals surface area contributed by atoms with Gasteiger partial charge in [0.2, 0.25) is 0 Å². The van der Waals surface area contributed by atoms with Gasteiger partial charge in [0.1, 0.15) is 0 Å². The summed E-state index contributed by atoms with van der Waals surface area (Å²) in [6.45, 7) is 3.18. The van der Waals surface area contributed by atoms with Crippen molar-refractivity contribution in [3.05, 3.63) is 21.9 Å². The molecule has 0 aliphatic carbocycles. The molecule has 0 aliphatic rings. The number of hydrogen-bond donors (Lipinski definition) is 3. The molecule has 1 aromatic rings. The van der Waals surface area contributed by atoms with Crippen molar-refractivity contribution in [1.82, 2.24) is 5.32 Å². The minimum absolute atomic E-state index is 0.0882. The van der Waals surface area contributed by atoms with Gasteiger partial charge in [-0.05, 0) is 26.0 Å². The fourth-order valence-electron chi connectivity index (χ4n) is 1.30. The van der Waals surface area contributed by atoms with E-state index < -0.39 is 18.0 Å². The first-order valence-corrected chi connectivity index (χ1v) is 5.91. The van der Waals surface area contributed by atoms with Crippen LogP contribution in [0, 0.1) is 6.92 Å². The molecule has 1 aromatic heterocycles. The van der Waals surface area contributed by atoms with Gasteiger partial charge in [0.05, 0.1) is 16.9 Å². The third-order valence-electron chi connectivity index (χ3n) is 2.13. The summed E-state index contributed by atoms with van der Waals surface area (Å²) < 4.78 is 0. The van der Waals surface area contributed by atoms with E-state index >= 15 is 0 Å². The highest BCUT2D eigenvalue weighted by Gasteiger charge is 2.25. The zero-order valence-corrected chi connectivity index (χ0v) is 10.5. The van der Waals surface area contributed by atoms with Gasteiger partial charge < -0.3 is 15.5 Å². The summed E-state index contributed by atoms with van der Waals surface area (Å²) in [7, 11) is 0. The lowest BCUT2D eigenvalue weighted by Gasteiger charge is -2.21. The number of aliphatic hydroxyl groups is 1. The SMILES string of the molecule is Cc1ccc(C(=O)NCC(C)(O)CC(=O)O)s1. The van der Waals surface area contributed by atoms with Crippen LogP contribution in [0.2, 0.25) is 0 Å². The van der Waals surface area contributed by atoms with Gasteiger partial charge in [-0.2, -0.15) is 0 Å². The molecular formula is C11H15NO4S. The van der Waals surface area contributed by atoms with Crippen LogP contribution in [-0.4, -0.2) is 34.2 Å². The normalized spacial score (nSPS) is 14.1. The second kappa shape index (κ2) is 5.29. The molecule has 1 heterocycles. The molecular weight excluding hydrogens is 242 g/mol. The summed E-state index contributed by atoms with van der Waals surface area (Å²) >= 11 is 1.35. The smallest absolute Gasteiger partial charge is 0.306 e. The van der Waals surface area contributed by atoms with E-state index in [-0.39, 0.29) is 12.5 Å². The number of rotatable bonds is 5. The first-order chi connectivity index (χ1) is 7.80. The lowest BCUT2D eigenvalue weighted by molar-refractivity contribution is -0.141. The van der Waals surface area contributed by atoms with Crippen molar-refractivity contribution in [3.63, 3.8) is 0 Å². The van der Waals surface area contributed by atoms with Crippen molar-refractivity contribution in [2.45, 2.75) is 25.9 Å². The molecule has 1 atom stereocenters. The van der Waals surface area contributed by atoms with E-state index in [9.17, 15) is 14.7 Å². The number of carbonyl (C=O) groups excluding carboxylic acids is 1. The molecule has 0 aliphatic heterocycles. The van der Waals surface area contributed by atoms with Crippen molar-refractivity contribution in [2.24, 2.45) is 0 Å². The second-order valence-corrected chi connectivity index (χ2v) is 5.45. The molecule has 0 saturated heterocycles. The Morgan fingerprint density at radius 2 is 2.12 bits per heavy atom. The number of aryl methyl sites for hydroxylation is 1. The summed E-state index contributed by atoms with van der Waals surface area (Å²) in [5, 5.41) is 20.8. The first-order valence-electron chi connectivity index (χ1n) is 5.09. The Kier molecular flexibility index (Phi) is 4.25. The molecule has 6 heteroatoms. The van der Waals surface area contributed by atoms with Crippen LogP contribution in [0.3, 0.4) is 0 Å². The highest BCUT2D eigenvalue weighted by Crippen LogP contribution is 2.15. The van der Waals surface area contributed by atoms with Crippen LogP contribution in [0.25, 0.3) is 0 Å². The topological polar surface area (TPSA) is 86.6 Å². The predicted molar refractivity (Wildman–Crippen MR) is 64.3 cm³/mol. The molecule has 0 saturated carbocycles. The minimum atomic E-state index is -1.44. The van der Waals surface area contributed by atoms with E-state index in [0.717, 1.165) is 4.88 Å². The minimum Gasteiger partial charge on any atom is -0.481 e. The van der Waals surface area contributed by atoms with Gasteiger partial charge in [0, 0.05) is 11.4 Å². The second-order valence-electron chi connectivity index (χ2n) is 4.16. The number of thiophene rings is 1. The van der Waals surface area contributed by atoms with Gasteiger partial charge in [-0.25, -0.2) is 0 Å². The number of carboxylic acid groups (broad SMARTS) is 1. The average molecular weight is 257 g/mol. The molecule has 0 aromatic carbocycles. The highest BCUT2D eigenvalue weighted by atomic mass is 32.1. The Bertz CT molecular complexity index is 425. The number of carboxylic acids is 1. The van der Waals surface area contributed by atoms with Gasteiger partial charge >= 0.3 is 5.97 Å². The Morgan fingerprint density at radius 1 is 1.47 bits per heavy atom. The van der Waals surface area contributed by atoms with Gasteiger partial charge in [0.15, 0.2) is 0 Å². The van der Waals surface area contributed by atoms with Crippen molar-refractivity contribution >= 4 is 23.2 Å². The summed E-state index contributed by atoms with van der Waals surface area (Å²) in [6, 6.07) is 3.52. The maximum Gasteiger partial charge on any atom is 0.306 e. The summed E-state index contributed by atoms with van der Waals surface area (Å²) in [5.74, 6) is -1.40. The Labute approximate surface area is 103 Å². The van der Waals surface area contributed by atoms with Crippen LogP contribution in [0.1, 0.15) is 27.9 Å². The molecule has 0 spiro atoms. The molecule has 0 radical (unpaired) electrons. The van der Waals surface area contributed by atoms with Crippen LogP contribution >= 0.6 is 11.3 Å². The van der Waals surface area contributed by atoms with Gasteiger partial charge in [-0.15, -0.1) is 11.3 Å². The number of amides is 1. The zero-order chi connectivity index (χ0) is 13.1. The lowest BCUT2D eigenvalue weighted by atomic mass is 10.0. The van der Waals surface area contributed by atoms with E-state index in [4.69, 9.17) is 5.11 Å². The molecule has 0 bridgehead atoms. The molecule has 17 heavy (non-hydrogen) atoms. The largest absolute Gasteiger partial charge is 0.481 e. The molecule has 94 valence electrons. The third kappa shape index (κ3) is 4.54. The van der Waals surface area contributed by atoms with E-state index in [2.05, 4.69) is 5.32 Å². The van der Waals surface area contributed by atoms with Crippen LogP contribution in [0.4, 0.5) is 0 Å². The molecule has 1 rings (SSSR count). The first kappa shape index (κ1) is 13.7. The number of aliphatic carboxylic acids is 1. The summed E-state index contributed by atoms with van der Waals surface area (Å²) in [4.78, 5) is 23.7. The molecule has 0 fully saturated rings. The summed E-state index contributed by atoms with van der Waals surface area (Å²) in [6.07, 6.45) is -0.406. The van der Waals surface area contributed by atoms with E-state index in [1.54, 1.807) is 6.07 Å². The van der Waals surface area contributed by atoms with Crippen molar-refractivity contribution in [3.8, 4) is 0 Å². The maximum atomic E-state index is 11.6. The molecule has 1 amide bonds. The van der Waals surface area contributed by atoms with Gasteiger partial charge in [-0.1, -0.05) is 0 Å². The number of carbonyl (C=O) groups is 2. The van der Waals surface area contributed by atoms with Crippen LogP contribution < -0.4 is 5.32 Å². The van der Waals surface area contributed by atoms with Crippen LogP contribution in [0.5, 0.6) is 0 Å². The maximum absolute atomic E-state index is 11.6. The summed E-state index contributed by atoms with van der Waals surface area (Å²) in [5.41, 5.74) is -1.44. The Hall–Kier alpha value is -1.40. The fourth-order valence-corrected chi connectivity index (χ4v) is 2.09. The quantitative estimate of drug-likeness (QED) is 0.734. The lowest BCUT2D eigenvalue weighted by Crippen LogP contribution is -2.41. The fraction of sp³-hybridized carbons (Fsp3) is 0.455. The highest BCUT2D eigenvalue weighted by molar-refractivity contribution is 7.13. The monoisotopic (exact) mass is 257 g/mol. The van der Waals surface area contributed by atoms with Crippen molar-refractivity contribution in [2.75, 3.05) is 6.54 Å². The zero-order valence-electron chi connectivity index (χ0n) is 9.69. The van der Waals surface area contributed by atoms with Crippen LogP contribution in [-0.2, 0) is 4.79 Å².